The zero-order chi connectivity index (χ0) is 38.4. The average Bonchev–Trinajstić information content (AvgIpc) is 3.70. The summed E-state index contributed by atoms with van der Waals surface area (Å²) in [5.74, 6) is -0.160. The number of nitrogens with zero attached hydrogens (tertiary/aromatic N) is 7. The molecule has 1 saturated carbocycles. The number of fused-ring (bicyclic) bond motifs is 2. The number of benzene rings is 1. The largest absolute Gasteiger partial charge is 0.382 e. The monoisotopic (exact) mass is 750 g/mol. The fraction of sp³-hybridized carbons (Fsp3) is 0.450. The van der Waals surface area contributed by atoms with Crippen molar-refractivity contribution in [3.05, 3.63) is 76.9 Å². The number of aryl methyl sites for hydroxylation is 1. The number of imide groups is 1. The van der Waals surface area contributed by atoms with Crippen LogP contribution in [0.1, 0.15) is 68.8 Å². The Kier molecular flexibility index (Phi) is 9.88. The van der Waals surface area contributed by atoms with E-state index in [9.17, 15) is 23.6 Å². The van der Waals surface area contributed by atoms with Crippen LogP contribution in [0.25, 0.3) is 27.9 Å². The van der Waals surface area contributed by atoms with Gasteiger partial charge in [0.25, 0.3) is 5.91 Å². The van der Waals surface area contributed by atoms with Crippen LogP contribution in [0.3, 0.4) is 0 Å². The molecule has 0 bridgehead atoms. The fourth-order valence-electron chi connectivity index (χ4n) is 8.56. The lowest BCUT2D eigenvalue weighted by Crippen LogP contribution is -2.48. The highest BCUT2D eigenvalue weighted by Crippen LogP contribution is 2.32. The summed E-state index contributed by atoms with van der Waals surface area (Å²) in [6.45, 7) is 8.48. The van der Waals surface area contributed by atoms with Gasteiger partial charge in [0.05, 0.1) is 34.2 Å². The number of piperazine rings is 1. The number of amides is 3. The number of para-hydroxylation sites is 1. The van der Waals surface area contributed by atoms with Crippen LogP contribution in [-0.2, 0) is 16.6 Å². The van der Waals surface area contributed by atoms with E-state index in [-0.39, 0.29) is 36.0 Å². The zero-order valence-electron chi connectivity index (χ0n) is 31.4. The Bertz CT molecular complexity index is 2330. The predicted molar refractivity (Wildman–Crippen MR) is 208 cm³/mol. The lowest BCUT2D eigenvalue weighted by atomic mass is 9.85. The van der Waals surface area contributed by atoms with Crippen LogP contribution in [0.4, 0.5) is 15.8 Å². The number of halogens is 1. The van der Waals surface area contributed by atoms with E-state index in [1.54, 1.807) is 39.2 Å². The second kappa shape index (κ2) is 14.9. The number of carbonyl (C=O) groups is 3. The molecule has 15 heteroatoms. The standard InChI is InChI=1S/C40H47FN10O4/c1-24(2)44-30-20-34(50-14-13-26-19-27(41)21-43-37(26)50)42-22-29(30)38(53)45-28-9-7-25(8-10-28)23-48-15-17-49(18-16-48)31-5-4-6-32-36(31)47(3)40(55)51(32)33-11-12-35(52)46-39(33)54/h4-6,13-14,19-22,24-25,28,33H,7-12,15-18,23H2,1-3H3,(H,42,44)(H,45,53)(H,46,52,54). The number of hydrogen-bond donors (Lipinski definition) is 3. The van der Waals surface area contributed by atoms with Crippen molar-refractivity contribution < 1.29 is 18.8 Å². The smallest absolute Gasteiger partial charge is 0.329 e. The number of carbonyl (C=O) groups excluding carboxylic acids is 3. The number of rotatable bonds is 9. The molecule has 0 radical (unpaired) electrons. The van der Waals surface area contributed by atoms with Crippen molar-refractivity contribution in [3.63, 3.8) is 0 Å². The van der Waals surface area contributed by atoms with E-state index in [0.717, 1.165) is 69.6 Å². The fourth-order valence-corrected chi connectivity index (χ4v) is 8.56. The average molecular weight is 751 g/mol. The molecule has 6 heterocycles. The minimum Gasteiger partial charge on any atom is -0.382 e. The molecule has 288 valence electrons. The van der Waals surface area contributed by atoms with Gasteiger partial charge in [0, 0.05) is 82.1 Å². The summed E-state index contributed by atoms with van der Waals surface area (Å²) in [6, 6.07) is 10.4. The summed E-state index contributed by atoms with van der Waals surface area (Å²) in [7, 11) is 1.75. The second-order valence-electron chi connectivity index (χ2n) is 15.4. The van der Waals surface area contributed by atoms with Crippen LogP contribution in [0, 0.1) is 11.7 Å². The summed E-state index contributed by atoms with van der Waals surface area (Å²) in [6.07, 6.45) is 8.98. The van der Waals surface area contributed by atoms with Crippen molar-refractivity contribution in [2.45, 2.75) is 70.5 Å². The molecule has 1 aliphatic carbocycles. The molecular weight excluding hydrogens is 704 g/mol. The summed E-state index contributed by atoms with van der Waals surface area (Å²) in [4.78, 5) is 65.2. The SMILES string of the molecule is CC(C)Nc1cc(-n2ccc3cc(F)cnc32)ncc1C(=O)NC1CCC(CN2CCN(c3cccc4c3n(C)c(=O)n4C3CCC(=O)NC3=O)CC2)CC1. The van der Waals surface area contributed by atoms with E-state index in [1.807, 2.05) is 38.1 Å². The Labute approximate surface area is 317 Å². The quantitative estimate of drug-likeness (QED) is 0.189. The minimum absolute atomic E-state index is 0.0827. The number of aromatic nitrogens is 5. The van der Waals surface area contributed by atoms with Crippen molar-refractivity contribution in [1.29, 1.82) is 0 Å². The van der Waals surface area contributed by atoms with Gasteiger partial charge in [0.1, 0.15) is 23.3 Å². The van der Waals surface area contributed by atoms with Crippen molar-refractivity contribution in [2.75, 3.05) is 42.9 Å². The van der Waals surface area contributed by atoms with Crippen molar-refractivity contribution in [1.82, 2.24) is 39.2 Å². The second-order valence-corrected chi connectivity index (χ2v) is 15.4. The van der Waals surface area contributed by atoms with Gasteiger partial charge in [-0.15, -0.1) is 0 Å². The summed E-state index contributed by atoms with van der Waals surface area (Å²) >= 11 is 0. The van der Waals surface area contributed by atoms with E-state index >= 15 is 0 Å². The van der Waals surface area contributed by atoms with Crippen molar-refractivity contribution >= 4 is 51.2 Å². The maximum Gasteiger partial charge on any atom is 0.329 e. The van der Waals surface area contributed by atoms with Crippen LogP contribution in [0.2, 0.25) is 0 Å². The number of piperidine rings is 1. The number of nitrogens with one attached hydrogen (secondary N) is 3. The van der Waals surface area contributed by atoms with E-state index < -0.39 is 17.8 Å². The third-order valence-corrected chi connectivity index (χ3v) is 11.3. The molecule has 2 saturated heterocycles. The Morgan fingerprint density at radius 3 is 2.51 bits per heavy atom. The van der Waals surface area contributed by atoms with Gasteiger partial charge in [0.2, 0.25) is 11.8 Å². The van der Waals surface area contributed by atoms with E-state index in [4.69, 9.17) is 0 Å². The third kappa shape index (κ3) is 7.20. The highest BCUT2D eigenvalue weighted by atomic mass is 19.1. The molecule has 3 amide bonds. The topological polar surface area (TPSA) is 151 Å². The summed E-state index contributed by atoms with van der Waals surface area (Å²) in [5.41, 5.74) is 3.97. The third-order valence-electron chi connectivity index (χ3n) is 11.3. The molecule has 3 aliphatic rings. The molecule has 55 heavy (non-hydrogen) atoms. The van der Waals surface area contributed by atoms with Crippen LogP contribution < -0.4 is 26.5 Å². The normalized spacial score (nSPS) is 21.0. The molecule has 1 aromatic carbocycles. The maximum absolute atomic E-state index is 13.7. The summed E-state index contributed by atoms with van der Waals surface area (Å²) in [5, 5.41) is 9.73. The van der Waals surface area contributed by atoms with Gasteiger partial charge in [-0.2, -0.15) is 0 Å². The van der Waals surface area contributed by atoms with Gasteiger partial charge >= 0.3 is 5.69 Å². The van der Waals surface area contributed by atoms with Crippen LogP contribution in [-0.4, -0.2) is 91.1 Å². The first-order valence-corrected chi connectivity index (χ1v) is 19.3. The molecule has 0 spiro atoms. The van der Waals surface area contributed by atoms with Gasteiger partial charge in [-0.1, -0.05) is 6.07 Å². The molecule has 3 fully saturated rings. The molecular formula is C40H47FN10O4. The van der Waals surface area contributed by atoms with Crippen LogP contribution >= 0.6 is 0 Å². The molecule has 3 N–H and O–H groups in total. The zero-order valence-corrected chi connectivity index (χ0v) is 31.4. The first-order valence-electron chi connectivity index (χ1n) is 19.3. The Balaban J connectivity index is 0.865. The molecule has 1 unspecified atom stereocenters. The lowest BCUT2D eigenvalue weighted by Gasteiger charge is -2.39. The molecule has 2 aliphatic heterocycles. The summed E-state index contributed by atoms with van der Waals surface area (Å²) < 4.78 is 18.7. The molecule has 4 aromatic heterocycles. The van der Waals surface area contributed by atoms with E-state index in [1.165, 1.54) is 12.3 Å². The number of pyridine rings is 2. The highest BCUT2D eigenvalue weighted by Gasteiger charge is 2.33. The Morgan fingerprint density at radius 1 is 0.982 bits per heavy atom. The van der Waals surface area contributed by atoms with E-state index in [0.29, 0.717) is 46.0 Å². The Hall–Kier alpha value is -5.57. The highest BCUT2D eigenvalue weighted by molar-refractivity contribution is 6.01. The molecule has 8 rings (SSSR count). The van der Waals surface area contributed by atoms with Crippen LogP contribution in [0.15, 0.2) is 59.8 Å². The predicted octanol–water partition coefficient (Wildman–Crippen LogP) is 4.12. The minimum atomic E-state index is -0.711. The molecule has 14 nitrogen and oxygen atoms in total. The Morgan fingerprint density at radius 2 is 1.76 bits per heavy atom. The first-order chi connectivity index (χ1) is 26.5. The molecule has 1 atom stereocenters. The lowest BCUT2D eigenvalue weighted by molar-refractivity contribution is -0.135. The van der Waals surface area contributed by atoms with Gasteiger partial charge in [-0.05, 0) is 76.1 Å². The van der Waals surface area contributed by atoms with Crippen molar-refractivity contribution in [3.8, 4) is 5.82 Å². The number of anilines is 2. The first kappa shape index (κ1) is 36.4. The van der Waals surface area contributed by atoms with Gasteiger partial charge in [-0.25, -0.2) is 19.2 Å². The van der Waals surface area contributed by atoms with Gasteiger partial charge in [0.15, 0.2) is 0 Å². The maximum atomic E-state index is 13.7. The molecule has 5 aromatic rings. The van der Waals surface area contributed by atoms with E-state index in [2.05, 4.69) is 35.7 Å². The number of hydrogen-bond acceptors (Lipinski definition) is 9. The van der Waals surface area contributed by atoms with Crippen LogP contribution in [0.5, 0.6) is 0 Å². The number of imidazole rings is 1. The van der Waals surface area contributed by atoms with Crippen molar-refractivity contribution in [2.24, 2.45) is 13.0 Å². The van der Waals surface area contributed by atoms with Gasteiger partial charge in [-0.3, -0.25) is 38.3 Å². The van der Waals surface area contributed by atoms with Gasteiger partial charge < -0.3 is 15.5 Å².